The molecule has 100 valence electrons. The van der Waals surface area contributed by atoms with E-state index in [1.807, 2.05) is 0 Å². The summed E-state index contributed by atoms with van der Waals surface area (Å²) in [5, 5.41) is 3.72. The molecule has 0 aliphatic heterocycles. The Morgan fingerprint density at radius 3 is 2.56 bits per heavy atom. The molecule has 0 aromatic carbocycles. The number of nitrogens with zero attached hydrogens (tertiary/aromatic N) is 1. The number of aromatic nitrogens is 1. The molecule has 0 amide bonds. The van der Waals surface area contributed by atoms with Crippen molar-refractivity contribution in [1.82, 2.24) is 9.88 Å². The van der Waals surface area contributed by atoms with Crippen LogP contribution in [0.2, 0.25) is 0 Å². The lowest BCUT2D eigenvalue weighted by Gasteiger charge is -2.12. The van der Waals surface area contributed by atoms with Crippen molar-refractivity contribution < 1.29 is 0 Å². The maximum Gasteiger partial charge on any atom is 0.0337 e. The molecule has 1 aromatic rings. The lowest BCUT2D eigenvalue weighted by atomic mass is 10.1. The van der Waals surface area contributed by atoms with Gasteiger partial charge in [0.2, 0.25) is 0 Å². The lowest BCUT2D eigenvalue weighted by molar-refractivity contribution is 0.527. The maximum atomic E-state index is 3.72. The highest BCUT2D eigenvalue weighted by molar-refractivity contribution is 5.28. The van der Waals surface area contributed by atoms with Gasteiger partial charge in [0.05, 0.1) is 0 Å². The van der Waals surface area contributed by atoms with E-state index in [9.17, 15) is 0 Å². The van der Waals surface area contributed by atoms with Gasteiger partial charge in [-0.05, 0) is 64.1 Å². The highest BCUT2D eigenvalue weighted by atomic mass is 15.1. The van der Waals surface area contributed by atoms with Gasteiger partial charge >= 0.3 is 0 Å². The first kappa shape index (κ1) is 12.3. The van der Waals surface area contributed by atoms with E-state index in [1.54, 1.807) is 5.56 Å². The Balaban J connectivity index is 1.57. The fourth-order valence-electron chi connectivity index (χ4n) is 3.53. The summed E-state index contributed by atoms with van der Waals surface area (Å²) in [4.78, 5) is 0. The third-order valence-corrected chi connectivity index (χ3v) is 4.68. The zero-order valence-electron chi connectivity index (χ0n) is 11.8. The second kappa shape index (κ2) is 5.08. The Hall–Kier alpha value is -0.760. The topological polar surface area (TPSA) is 17.0 Å². The smallest absolute Gasteiger partial charge is 0.0337 e. The lowest BCUT2D eigenvalue weighted by Crippen LogP contribution is -2.28. The minimum absolute atomic E-state index is 0.803. The zero-order chi connectivity index (χ0) is 12.5. The molecule has 2 aliphatic rings. The molecular weight excluding hydrogens is 220 g/mol. The molecule has 1 aromatic heterocycles. The van der Waals surface area contributed by atoms with Crippen molar-refractivity contribution in [3.63, 3.8) is 0 Å². The van der Waals surface area contributed by atoms with Crippen molar-refractivity contribution in [2.75, 3.05) is 6.54 Å². The molecule has 1 N–H and O–H groups in total. The van der Waals surface area contributed by atoms with Crippen LogP contribution in [0.15, 0.2) is 6.07 Å². The zero-order valence-corrected chi connectivity index (χ0v) is 11.8. The average Bonchev–Trinajstić information content (AvgIpc) is 2.95. The minimum Gasteiger partial charge on any atom is -0.346 e. The Morgan fingerprint density at radius 1 is 1.17 bits per heavy atom. The summed E-state index contributed by atoms with van der Waals surface area (Å²) in [6.45, 7) is 5.72. The average molecular weight is 246 g/mol. The summed E-state index contributed by atoms with van der Waals surface area (Å²) in [6, 6.07) is 4.03. The molecule has 0 saturated heterocycles. The van der Waals surface area contributed by atoms with Crippen molar-refractivity contribution in [3.05, 3.63) is 23.0 Å². The summed E-state index contributed by atoms with van der Waals surface area (Å²) in [5.74, 6) is 0. The van der Waals surface area contributed by atoms with Crippen LogP contribution >= 0.6 is 0 Å². The molecule has 2 heteroatoms. The molecule has 0 spiro atoms. The molecule has 0 radical (unpaired) electrons. The monoisotopic (exact) mass is 246 g/mol. The van der Waals surface area contributed by atoms with Gasteiger partial charge in [-0.1, -0.05) is 12.8 Å². The van der Waals surface area contributed by atoms with E-state index in [2.05, 4.69) is 29.8 Å². The fraction of sp³-hybridized carbons (Fsp3) is 0.750. The van der Waals surface area contributed by atoms with E-state index < -0.39 is 0 Å². The molecular formula is C16H26N2. The summed E-state index contributed by atoms with van der Waals surface area (Å²) in [7, 11) is 0. The molecule has 3 rings (SSSR count). The molecule has 2 saturated carbocycles. The predicted molar refractivity (Wildman–Crippen MR) is 76.1 cm³/mol. The highest BCUT2D eigenvalue weighted by Gasteiger charge is 2.26. The van der Waals surface area contributed by atoms with Crippen molar-refractivity contribution in [2.24, 2.45) is 0 Å². The third-order valence-electron chi connectivity index (χ3n) is 4.68. The van der Waals surface area contributed by atoms with Crippen molar-refractivity contribution in [2.45, 2.75) is 70.9 Å². The number of rotatable bonds is 5. The van der Waals surface area contributed by atoms with E-state index >= 15 is 0 Å². The van der Waals surface area contributed by atoms with Crippen molar-refractivity contribution >= 4 is 0 Å². The van der Waals surface area contributed by atoms with Crippen LogP contribution in [0, 0.1) is 13.8 Å². The quantitative estimate of drug-likeness (QED) is 0.841. The first-order valence-electron chi connectivity index (χ1n) is 7.66. The molecule has 2 nitrogen and oxygen atoms in total. The number of hydrogen-bond donors (Lipinski definition) is 1. The number of nitrogens with one attached hydrogen (secondary N) is 1. The highest BCUT2D eigenvalue weighted by Crippen LogP contribution is 2.38. The maximum absolute atomic E-state index is 3.72. The molecule has 1 heterocycles. The van der Waals surface area contributed by atoms with Gasteiger partial charge in [0.25, 0.3) is 0 Å². The summed E-state index contributed by atoms with van der Waals surface area (Å²) in [5.41, 5.74) is 4.54. The van der Waals surface area contributed by atoms with Gasteiger partial charge in [0, 0.05) is 23.5 Å². The van der Waals surface area contributed by atoms with Crippen LogP contribution < -0.4 is 5.32 Å². The van der Waals surface area contributed by atoms with Crippen LogP contribution in [0.1, 0.15) is 61.5 Å². The van der Waals surface area contributed by atoms with Crippen LogP contribution in [-0.2, 0) is 6.42 Å². The van der Waals surface area contributed by atoms with Gasteiger partial charge in [0.1, 0.15) is 0 Å². The fourth-order valence-corrected chi connectivity index (χ4v) is 3.53. The van der Waals surface area contributed by atoms with Crippen molar-refractivity contribution in [3.8, 4) is 0 Å². The van der Waals surface area contributed by atoms with Gasteiger partial charge in [-0.2, -0.15) is 0 Å². The van der Waals surface area contributed by atoms with Crippen LogP contribution in [0.4, 0.5) is 0 Å². The first-order chi connectivity index (χ1) is 8.75. The van der Waals surface area contributed by atoms with Gasteiger partial charge in [0.15, 0.2) is 0 Å². The first-order valence-corrected chi connectivity index (χ1v) is 7.66. The van der Waals surface area contributed by atoms with Gasteiger partial charge in [-0.25, -0.2) is 0 Å². The number of aryl methyl sites for hydroxylation is 1. The van der Waals surface area contributed by atoms with E-state index in [0.717, 1.165) is 18.6 Å². The van der Waals surface area contributed by atoms with E-state index in [1.165, 1.54) is 56.3 Å². The second-order valence-corrected chi connectivity index (χ2v) is 6.18. The van der Waals surface area contributed by atoms with Gasteiger partial charge < -0.3 is 9.88 Å². The molecule has 0 bridgehead atoms. The van der Waals surface area contributed by atoms with Crippen molar-refractivity contribution in [1.29, 1.82) is 0 Å². The molecule has 2 fully saturated rings. The number of hydrogen-bond acceptors (Lipinski definition) is 1. The van der Waals surface area contributed by atoms with Crippen LogP contribution in [0.3, 0.4) is 0 Å². The predicted octanol–water partition coefficient (Wildman–Crippen LogP) is 3.51. The Kier molecular flexibility index (Phi) is 3.47. The minimum atomic E-state index is 0.803. The third kappa shape index (κ3) is 2.49. The second-order valence-electron chi connectivity index (χ2n) is 6.18. The van der Waals surface area contributed by atoms with Crippen LogP contribution in [-0.4, -0.2) is 17.2 Å². The summed E-state index contributed by atoms with van der Waals surface area (Å²) < 4.78 is 2.56. The summed E-state index contributed by atoms with van der Waals surface area (Å²) in [6.07, 6.45) is 9.60. The summed E-state index contributed by atoms with van der Waals surface area (Å²) >= 11 is 0. The Bertz CT molecular complexity index is 409. The Labute approximate surface area is 111 Å². The SMILES string of the molecule is Cc1cc(CCNC2CCCC2)c(C)n1C1CC1. The molecule has 0 atom stereocenters. The normalized spacial score (nSPS) is 20.8. The standard InChI is InChI=1S/C16H26N2/c1-12-11-14(13(2)18(12)16-7-8-16)9-10-17-15-5-3-4-6-15/h11,15-17H,3-10H2,1-2H3. The van der Waals surface area contributed by atoms with Crippen LogP contribution in [0.5, 0.6) is 0 Å². The largest absolute Gasteiger partial charge is 0.346 e. The van der Waals surface area contributed by atoms with E-state index in [-0.39, 0.29) is 0 Å². The Morgan fingerprint density at radius 2 is 1.89 bits per heavy atom. The van der Waals surface area contributed by atoms with Gasteiger partial charge in [-0.15, -0.1) is 0 Å². The molecule has 18 heavy (non-hydrogen) atoms. The molecule has 0 unspecified atom stereocenters. The molecule has 2 aliphatic carbocycles. The van der Waals surface area contributed by atoms with E-state index in [0.29, 0.717) is 0 Å². The van der Waals surface area contributed by atoms with Crippen LogP contribution in [0.25, 0.3) is 0 Å². The van der Waals surface area contributed by atoms with Gasteiger partial charge in [-0.3, -0.25) is 0 Å². The van der Waals surface area contributed by atoms with E-state index in [4.69, 9.17) is 0 Å².